The van der Waals surface area contributed by atoms with Crippen LogP contribution in [0, 0.1) is 0 Å². The zero-order valence-corrected chi connectivity index (χ0v) is 14.3. The minimum atomic E-state index is -0.398. The van der Waals surface area contributed by atoms with Crippen molar-refractivity contribution < 1.29 is 14.3 Å². The molecule has 0 heterocycles. The van der Waals surface area contributed by atoms with Gasteiger partial charge < -0.3 is 20.1 Å². The van der Waals surface area contributed by atoms with Crippen molar-refractivity contribution >= 4 is 44.9 Å². The van der Waals surface area contributed by atoms with Gasteiger partial charge in [-0.2, -0.15) is 0 Å². The number of carbonyl (C=O) groups is 1. The van der Waals surface area contributed by atoms with Gasteiger partial charge in [-0.05, 0) is 40.2 Å². The summed E-state index contributed by atoms with van der Waals surface area (Å²) in [6, 6.07) is 9.80. The second-order valence-corrected chi connectivity index (χ2v) is 5.56. The Labute approximate surface area is 141 Å². The molecule has 0 aliphatic rings. The summed E-state index contributed by atoms with van der Waals surface area (Å²) in [7, 11) is 3.07. The van der Waals surface area contributed by atoms with Crippen LogP contribution < -0.4 is 20.1 Å². The molecule has 0 radical (unpaired) electrons. The average molecular weight is 386 g/mol. The molecule has 2 aromatic carbocycles. The average Bonchev–Trinajstić information content (AvgIpc) is 2.50. The predicted molar refractivity (Wildman–Crippen MR) is 91.3 cm³/mol. The summed E-state index contributed by atoms with van der Waals surface area (Å²) in [6.45, 7) is 0. The summed E-state index contributed by atoms with van der Waals surface area (Å²) < 4.78 is 11.2. The maximum absolute atomic E-state index is 12.1. The van der Waals surface area contributed by atoms with E-state index < -0.39 is 6.03 Å². The number of nitrogens with one attached hydrogen (secondary N) is 2. The van der Waals surface area contributed by atoms with Crippen LogP contribution in [0.5, 0.6) is 11.5 Å². The van der Waals surface area contributed by atoms with Crippen LogP contribution in [0.15, 0.2) is 40.9 Å². The number of hydrogen-bond donors (Lipinski definition) is 2. The van der Waals surface area contributed by atoms with E-state index >= 15 is 0 Å². The minimum absolute atomic E-state index is 0.398. The lowest BCUT2D eigenvalue weighted by Gasteiger charge is -2.14. The molecular formula is C15H14BrClN2O3. The molecule has 2 aromatic rings. The SMILES string of the molecule is COc1cc(NC(=O)Nc2ccc(Cl)cc2)c(OC)cc1Br. The van der Waals surface area contributed by atoms with Crippen molar-refractivity contribution in [1.82, 2.24) is 0 Å². The number of urea groups is 1. The highest BCUT2D eigenvalue weighted by molar-refractivity contribution is 9.10. The normalized spacial score (nSPS) is 10.0. The fourth-order valence-electron chi connectivity index (χ4n) is 1.78. The van der Waals surface area contributed by atoms with Gasteiger partial charge in [0, 0.05) is 22.8 Å². The van der Waals surface area contributed by atoms with Gasteiger partial charge in [0.15, 0.2) is 0 Å². The molecule has 0 fully saturated rings. The zero-order valence-electron chi connectivity index (χ0n) is 11.9. The van der Waals surface area contributed by atoms with Crippen molar-refractivity contribution in [2.75, 3.05) is 24.9 Å². The fourth-order valence-corrected chi connectivity index (χ4v) is 2.39. The monoisotopic (exact) mass is 384 g/mol. The highest BCUT2D eigenvalue weighted by Gasteiger charge is 2.12. The molecule has 0 saturated carbocycles. The van der Waals surface area contributed by atoms with Crippen molar-refractivity contribution in [3.63, 3.8) is 0 Å². The first kappa shape index (κ1) is 16.5. The van der Waals surface area contributed by atoms with E-state index in [-0.39, 0.29) is 0 Å². The lowest BCUT2D eigenvalue weighted by Crippen LogP contribution is -2.19. The molecule has 0 spiro atoms. The Balaban J connectivity index is 2.15. The lowest BCUT2D eigenvalue weighted by atomic mass is 10.2. The smallest absolute Gasteiger partial charge is 0.323 e. The molecule has 0 unspecified atom stereocenters. The first-order valence-electron chi connectivity index (χ1n) is 6.28. The number of ether oxygens (including phenoxy) is 2. The summed E-state index contributed by atoms with van der Waals surface area (Å²) in [5.41, 5.74) is 1.12. The summed E-state index contributed by atoms with van der Waals surface area (Å²) in [5, 5.41) is 6.02. The number of benzene rings is 2. The first-order chi connectivity index (χ1) is 10.5. The van der Waals surface area contributed by atoms with E-state index in [1.807, 2.05) is 0 Å². The molecule has 0 bridgehead atoms. The van der Waals surface area contributed by atoms with Crippen LogP contribution in [0.4, 0.5) is 16.2 Å². The number of carbonyl (C=O) groups excluding carboxylic acids is 1. The van der Waals surface area contributed by atoms with Crippen molar-refractivity contribution in [1.29, 1.82) is 0 Å². The summed E-state index contributed by atoms with van der Waals surface area (Å²) >= 11 is 9.17. The number of rotatable bonds is 4. The molecule has 7 heteroatoms. The van der Waals surface area contributed by atoms with E-state index in [4.69, 9.17) is 21.1 Å². The second kappa shape index (κ2) is 7.38. The van der Waals surface area contributed by atoms with Crippen molar-refractivity contribution in [3.8, 4) is 11.5 Å². The number of hydrogen-bond acceptors (Lipinski definition) is 3. The van der Waals surface area contributed by atoms with Crippen LogP contribution in [0.25, 0.3) is 0 Å². The molecule has 2 amide bonds. The summed E-state index contributed by atoms with van der Waals surface area (Å²) in [6.07, 6.45) is 0. The Hall–Kier alpha value is -1.92. The van der Waals surface area contributed by atoms with Gasteiger partial charge in [-0.3, -0.25) is 0 Å². The fraction of sp³-hybridized carbons (Fsp3) is 0.133. The van der Waals surface area contributed by atoms with E-state index in [1.165, 1.54) is 7.11 Å². The number of amides is 2. The summed E-state index contributed by atoms with van der Waals surface area (Å²) in [4.78, 5) is 12.1. The standard InChI is InChI=1S/C15H14BrClN2O3/c1-21-13-8-12(14(22-2)7-11(13)16)19-15(20)18-10-5-3-9(17)4-6-10/h3-8H,1-2H3,(H2,18,19,20). The van der Waals surface area contributed by atoms with Gasteiger partial charge in [-0.25, -0.2) is 4.79 Å². The van der Waals surface area contributed by atoms with E-state index in [0.717, 1.165) is 4.47 Å². The maximum Gasteiger partial charge on any atom is 0.323 e. The topological polar surface area (TPSA) is 59.6 Å². The predicted octanol–water partition coefficient (Wildman–Crippen LogP) is 4.76. The Bertz CT molecular complexity index is 677. The summed E-state index contributed by atoms with van der Waals surface area (Å²) in [5.74, 6) is 1.10. The third kappa shape index (κ3) is 4.05. The van der Waals surface area contributed by atoms with Crippen molar-refractivity contribution in [2.24, 2.45) is 0 Å². The van der Waals surface area contributed by atoms with Crippen LogP contribution >= 0.6 is 27.5 Å². The van der Waals surface area contributed by atoms with Crippen LogP contribution in [0.3, 0.4) is 0 Å². The molecule has 0 saturated heterocycles. The Morgan fingerprint density at radius 3 is 2.27 bits per heavy atom. The second-order valence-electron chi connectivity index (χ2n) is 4.27. The van der Waals surface area contributed by atoms with Crippen LogP contribution in [0.1, 0.15) is 0 Å². The minimum Gasteiger partial charge on any atom is -0.495 e. The van der Waals surface area contributed by atoms with Crippen LogP contribution in [-0.2, 0) is 0 Å². The van der Waals surface area contributed by atoms with E-state index in [0.29, 0.717) is 27.9 Å². The van der Waals surface area contributed by atoms with E-state index in [1.54, 1.807) is 43.5 Å². The van der Waals surface area contributed by atoms with Gasteiger partial charge in [-0.15, -0.1) is 0 Å². The first-order valence-corrected chi connectivity index (χ1v) is 7.45. The quantitative estimate of drug-likeness (QED) is 0.797. The molecular weight excluding hydrogens is 372 g/mol. The number of methoxy groups -OCH3 is 2. The molecule has 2 rings (SSSR count). The van der Waals surface area contributed by atoms with Gasteiger partial charge in [-0.1, -0.05) is 11.6 Å². The third-order valence-corrected chi connectivity index (χ3v) is 3.70. The molecule has 5 nitrogen and oxygen atoms in total. The molecule has 0 aromatic heterocycles. The van der Waals surface area contributed by atoms with Gasteiger partial charge in [0.05, 0.1) is 24.4 Å². The number of halogens is 2. The van der Waals surface area contributed by atoms with Crippen molar-refractivity contribution in [2.45, 2.75) is 0 Å². The molecule has 0 aliphatic carbocycles. The Morgan fingerprint density at radius 2 is 1.68 bits per heavy atom. The van der Waals surface area contributed by atoms with E-state index in [9.17, 15) is 4.79 Å². The van der Waals surface area contributed by atoms with Crippen molar-refractivity contribution in [3.05, 3.63) is 45.9 Å². The molecule has 0 atom stereocenters. The third-order valence-electron chi connectivity index (χ3n) is 2.82. The van der Waals surface area contributed by atoms with Gasteiger partial charge in [0.1, 0.15) is 11.5 Å². The van der Waals surface area contributed by atoms with Gasteiger partial charge in [0.25, 0.3) is 0 Å². The highest BCUT2D eigenvalue weighted by Crippen LogP contribution is 2.36. The number of anilines is 2. The Morgan fingerprint density at radius 1 is 1.05 bits per heavy atom. The lowest BCUT2D eigenvalue weighted by molar-refractivity contribution is 0.262. The molecule has 116 valence electrons. The molecule has 2 N–H and O–H groups in total. The van der Waals surface area contributed by atoms with E-state index in [2.05, 4.69) is 26.6 Å². The van der Waals surface area contributed by atoms with Crippen LogP contribution in [-0.4, -0.2) is 20.3 Å². The van der Waals surface area contributed by atoms with Gasteiger partial charge >= 0.3 is 6.03 Å². The maximum atomic E-state index is 12.1. The largest absolute Gasteiger partial charge is 0.495 e. The zero-order chi connectivity index (χ0) is 16.1. The molecule has 0 aliphatic heterocycles. The van der Waals surface area contributed by atoms with Crippen LogP contribution in [0.2, 0.25) is 5.02 Å². The van der Waals surface area contributed by atoms with Gasteiger partial charge in [0.2, 0.25) is 0 Å². The Kier molecular flexibility index (Phi) is 5.51. The highest BCUT2D eigenvalue weighted by atomic mass is 79.9. The molecule has 22 heavy (non-hydrogen) atoms.